The zero-order valence-electron chi connectivity index (χ0n) is 15.6. The first-order valence-corrected chi connectivity index (χ1v) is 9.09. The van der Waals surface area contributed by atoms with Gasteiger partial charge in [0.15, 0.2) is 0 Å². The fourth-order valence-corrected chi connectivity index (χ4v) is 3.13. The average molecular weight is 346 g/mol. The van der Waals surface area contributed by atoms with Crippen molar-refractivity contribution in [2.24, 2.45) is 0 Å². The van der Waals surface area contributed by atoms with Gasteiger partial charge in [0.05, 0.1) is 7.11 Å². The number of nitrogens with zero attached hydrogens (tertiary/aromatic N) is 2. The number of methoxy groups -OCH3 is 1. The van der Waals surface area contributed by atoms with Crippen molar-refractivity contribution in [2.75, 3.05) is 7.11 Å². The van der Waals surface area contributed by atoms with Gasteiger partial charge in [-0.1, -0.05) is 55.5 Å². The minimum absolute atomic E-state index is 0.828. The lowest BCUT2D eigenvalue weighted by Crippen LogP contribution is -2.22. The average Bonchev–Trinajstić information content (AvgIpc) is 2.70. The van der Waals surface area contributed by atoms with E-state index in [1.807, 2.05) is 30.6 Å². The van der Waals surface area contributed by atoms with Crippen LogP contribution < -0.4 is 4.74 Å². The normalized spacial score (nSPS) is 10.9. The van der Waals surface area contributed by atoms with E-state index in [0.717, 1.165) is 31.8 Å². The molecular weight excluding hydrogens is 320 g/mol. The Morgan fingerprint density at radius 3 is 2.23 bits per heavy atom. The number of benzene rings is 2. The van der Waals surface area contributed by atoms with Gasteiger partial charge in [-0.05, 0) is 35.2 Å². The Bertz CT molecular complexity index is 800. The van der Waals surface area contributed by atoms with Gasteiger partial charge < -0.3 is 4.74 Å². The smallest absolute Gasteiger partial charge is 0.123 e. The van der Waals surface area contributed by atoms with Crippen molar-refractivity contribution < 1.29 is 4.74 Å². The minimum atomic E-state index is 0.828. The van der Waals surface area contributed by atoms with E-state index in [0.29, 0.717) is 0 Å². The van der Waals surface area contributed by atoms with Gasteiger partial charge in [-0.2, -0.15) is 0 Å². The van der Waals surface area contributed by atoms with E-state index in [4.69, 9.17) is 4.74 Å². The molecule has 0 spiro atoms. The summed E-state index contributed by atoms with van der Waals surface area (Å²) in [5.41, 5.74) is 5.11. The summed E-state index contributed by atoms with van der Waals surface area (Å²) in [6, 6.07) is 21.3. The molecule has 0 saturated carbocycles. The first-order chi connectivity index (χ1) is 12.8. The van der Waals surface area contributed by atoms with E-state index >= 15 is 0 Å². The van der Waals surface area contributed by atoms with Crippen molar-refractivity contribution in [2.45, 2.75) is 33.0 Å². The van der Waals surface area contributed by atoms with Gasteiger partial charge in [0.2, 0.25) is 0 Å². The van der Waals surface area contributed by atoms with E-state index in [1.165, 1.54) is 22.3 Å². The maximum absolute atomic E-state index is 5.54. The summed E-state index contributed by atoms with van der Waals surface area (Å²) < 4.78 is 5.54. The Morgan fingerprint density at radius 1 is 0.808 bits per heavy atom. The van der Waals surface area contributed by atoms with Crippen molar-refractivity contribution in [1.82, 2.24) is 9.88 Å². The van der Waals surface area contributed by atoms with Crippen LogP contribution in [0.1, 0.15) is 29.2 Å². The molecule has 0 saturated heterocycles. The molecule has 0 bridgehead atoms. The van der Waals surface area contributed by atoms with E-state index in [-0.39, 0.29) is 0 Å². The first-order valence-electron chi connectivity index (χ1n) is 9.09. The molecule has 0 aliphatic heterocycles. The second-order valence-corrected chi connectivity index (χ2v) is 6.49. The maximum Gasteiger partial charge on any atom is 0.123 e. The third-order valence-electron chi connectivity index (χ3n) is 4.55. The number of rotatable bonds is 8. The van der Waals surface area contributed by atoms with Crippen molar-refractivity contribution >= 4 is 0 Å². The molecular formula is C23H26N2O. The molecule has 3 rings (SSSR count). The SMILES string of the molecule is CCc1ccc(CN(Cc2cccnc2)Cc2ccccc2OC)cc1. The number of aromatic nitrogens is 1. The molecule has 1 aromatic heterocycles. The summed E-state index contributed by atoms with van der Waals surface area (Å²) in [6.45, 7) is 4.75. The summed E-state index contributed by atoms with van der Waals surface area (Å²) in [5.74, 6) is 0.935. The maximum atomic E-state index is 5.54. The molecule has 2 aromatic carbocycles. The Hall–Kier alpha value is -2.65. The standard InChI is InChI=1S/C23H26N2O/c1-3-19-10-12-20(13-11-19)16-25(17-21-7-6-14-24-15-21)18-22-8-4-5-9-23(22)26-2/h4-15H,3,16-18H2,1-2H3. The summed E-state index contributed by atoms with van der Waals surface area (Å²) in [6.07, 6.45) is 4.83. The molecule has 0 aliphatic rings. The molecule has 0 N–H and O–H groups in total. The van der Waals surface area contributed by atoms with Crippen LogP contribution >= 0.6 is 0 Å². The Morgan fingerprint density at radius 2 is 1.54 bits per heavy atom. The molecule has 0 aliphatic carbocycles. The zero-order chi connectivity index (χ0) is 18.2. The molecule has 26 heavy (non-hydrogen) atoms. The third-order valence-corrected chi connectivity index (χ3v) is 4.55. The van der Waals surface area contributed by atoms with E-state index in [1.54, 1.807) is 7.11 Å². The van der Waals surface area contributed by atoms with Gasteiger partial charge in [-0.15, -0.1) is 0 Å². The Labute approximate surface area is 156 Å². The summed E-state index contributed by atoms with van der Waals surface area (Å²) in [5, 5.41) is 0. The van der Waals surface area contributed by atoms with Gasteiger partial charge in [0, 0.05) is 37.6 Å². The lowest BCUT2D eigenvalue weighted by molar-refractivity contribution is 0.243. The fraction of sp³-hybridized carbons (Fsp3) is 0.261. The van der Waals surface area contributed by atoms with E-state index in [9.17, 15) is 0 Å². The molecule has 0 fully saturated rings. The van der Waals surface area contributed by atoms with Crippen molar-refractivity contribution in [3.63, 3.8) is 0 Å². The lowest BCUT2D eigenvalue weighted by atomic mass is 10.1. The highest BCUT2D eigenvalue weighted by atomic mass is 16.5. The number of aryl methyl sites for hydroxylation is 1. The molecule has 3 aromatic rings. The molecule has 3 nitrogen and oxygen atoms in total. The Balaban J connectivity index is 1.80. The van der Waals surface area contributed by atoms with Gasteiger partial charge in [0.1, 0.15) is 5.75 Å². The van der Waals surface area contributed by atoms with Crippen LogP contribution in [0.25, 0.3) is 0 Å². The van der Waals surface area contributed by atoms with Crippen molar-refractivity contribution in [3.8, 4) is 5.75 Å². The second kappa shape index (κ2) is 9.16. The predicted octanol–water partition coefficient (Wildman–Crippen LogP) is 4.86. The Kier molecular flexibility index (Phi) is 6.39. The highest BCUT2D eigenvalue weighted by Crippen LogP contribution is 2.21. The number of pyridine rings is 1. The third kappa shape index (κ3) is 4.93. The lowest BCUT2D eigenvalue weighted by Gasteiger charge is -2.23. The molecule has 134 valence electrons. The molecule has 0 atom stereocenters. The van der Waals surface area contributed by atoms with Gasteiger partial charge in [-0.25, -0.2) is 0 Å². The van der Waals surface area contributed by atoms with Crippen LogP contribution in [0.3, 0.4) is 0 Å². The highest BCUT2D eigenvalue weighted by molar-refractivity contribution is 5.33. The fourth-order valence-electron chi connectivity index (χ4n) is 3.13. The predicted molar refractivity (Wildman–Crippen MR) is 106 cm³/mol. The van der Waals surface area contributed by atoms with Gasteiger partial charge in [-0.3, -0.25) is 9.88 Å². The van der Waals surface area contributed by atoms with Crippen LogP contribution in [0.15, 0.2) is 73.1 Å². The van der Waals surface area contributed by atoms with Crippen LogP contribution in [0, 0.1) is 0 Å². The number of ether oxygens (including phenoxy) is 1. The summed E-state index contributed by atoms with van der Waals surface area (Å²) in [7, 11) is 1.73. The largest absolute Gasteiger partial charge is 0.496 e. The second-order valence-electron chi connectivity index (χ2n) is 6.49. The van der Waals surface area contributed by atoms with Gasteiger partial charge in [0.25, 0.3) is 0 Å². The van der Waals surface area contributed by atoms with Crippen molar-refractivity contribution in [1.29, 1.82) is 0 Å². The number of hydrogen-bond acceptors (Lipinski definition) is 3. The molecule has 0 unspecified atom stereocenters. The van der Waals surface area contributed by atoms with Crippen LogP contribution in [0.4, 0.5) is 0 Å². The summed E-state index contributed by atoms with van der Waals surface area (Å²) >= 11 is 0. The van der Waals surface area contributed by atoms with Crippen LogP contribution in [-0.2, 0) is 26.1 Å². The van der Waals surface area contributed by atoms with Crippen LogP contribution in [-0.4, -0.2) is 17.0 Å². The monoisotopic (exact) mass is 346 g/mol. The molecule has 0 radical (unpaired) electrons. The van der Waals surface area contributed by atoms with E-state index in [2.05, 4.69) is 59.3 Å². The highest BCUT2D eigenvalue weighted by Gasteiger charge is 2.11. The number of para-hydroxylation sites is 1. The van der Waals surface area contributed by atoms with Gasteiger partial charge >= 0.3 is 0 Å². The molecule has 0 amide bonds. The quantitative estimate of drug-likeness (QED) is 0.583. The summed E-state index contributed by atoms with van der Waals surface area (Å²) in [4.78, 5) is 6.68. The molecule has 1 heterocycles. The first kappa shape index (κ1) is 18.2. The topological polar surface area (TPSA) is 25.4 Å². The zero-order valence-corrected chi connectivity index (χ0v) is 15.6. The number of hydrogen-bond donors (Lipinski definition) is 0. The van der Waals surface area contributed by atoms with Crippen LogP contribution in [0.2, 0.25) is 0 Å². The molecule has 3 heteroatoms. The minimum Gasteiger partial charge on any atom is -0.496 e. The van der Waals surface area contributed by atoms with E-state index < -0.39 is 0 Å². The van der Waals surface area contributed by atoms with Crippen molar-refractivity contribution in [3.05, 3.63) is 95.3 Å². The van der Waals surface area contributed by atoms with Crippen LogP contribution in [0.5, 0.6) is 5.75 Å².